The predicted molar refractivity (Wildman–Crippen MR) is 228 cm³/mol. The van der Waals surface area contributed by atoms with E-state index in [2.05, 4.69) is 176 Å². The van der Waals surface area contributed by atoms with Crippen LogP contribution in [0.25, 0.3) is 78.1 Å². The van der Waals surface area contributed by atoms with E-state index < -0.39 is 5.41 Å². The van der Waals surface area contributed by atoms with Crippen LogP contribution in [0.1, 0.15) is 22.3 Å². The van der Waals surface area contributed by atoms with Crippen molar-refractivity contribution in [1.29, 1.82) is 0 Å². The average Bonchev–Trinajstić information content (AvgIpc) is 3.81. The van der Waals surface area contributed by atoms with Crippen LogP contribution in [0.15, 0.2) is 211 Å². The van der Waals surface area contributed by atoms with Gasteiger partial charge in [0.1, 0.15) is 11.2 Å². The molecule has 0 spiro atoms. The van der Waals surface area contributed by atoms with Gasteiger partial charge in [-0.25, -0.2) is 9.97 Å². The van der Waals surface area contributed by atoms with Crippen molar-refractivity contribution >= 4 is 21.9 Å². The van der Waals surface area contributed by atoms with Gasteiger partial charge < -0.3 is 4.42 Å². The Morgan fingerprint density at radius 3 is 1.68 bits per heavy atom. The van der Waals surface area contributed by atoms with Crippen LogP contribution in [0, 0.1) is 0 Å². The van der Waals surface area contributed by atoms with E-state index in [1.165, 1.54) is 33.4 Å². The summed E-state index contributed by atoms with van der Waals surface area (Å²) < 4.78 is 6.58. The first-order chi connectivity index (χ1) is 27.8. The fraction of sp³-hybridized carbons (Fsp3) is 0.0189. The maximum Gasteiger partial charge on any atom is 0.160 e. The van der Waals surface area contributed by atoms with Crippen LogP contribution in [0.3, 0.4) is 0 Å². The van der Waals surface area contributed by atoms with Crippen molar-refractivity contribution in [2.75, 3.05) is 0 Å². The highest BCUT2D eigenvalue weighted by Crippen LogP contribution is 2.57. The van der Waals surface area contributed by atoms with Gasteiger partial charge in [0.2, 0.25) is 0 Å². The first-order valence-electron chi connectivity index (χ1n) is 19.1. The van der Waals surface area contributed by atoms with E-state index >= 15 is 0 Å². The summed E-state index contributed by atoms with van der Waals surface area (Å²) in [6.07, 6.45) is 0. The highest BCUT2D eigenvalue weighted by Gasteiger charge is 2.46. The zero-order valence-electron chi connectivity index (χ0n) is 30.4. The summed E-state index contributed by atoms with van der Waals surface area (Å²) in [5.74, 6) is 0.682. The molecule has 0 bridgehead atoms. The molecule has 3 nitrogen and oxygen atoms in total. The number of fused-ring (bicyclic) bond motifs is 6. The molecule has 0 amide bonds. The van der Waals surface area contributed by atoms with E-state index in [9.17, 15) is 0 Å². The van der Waals surface area contributed by atoms with Crippen LogP contribution in [0.2, 0.25) is 0 Å². The van der Waals surface area contributed by atoms with Crippen LogP contribution in [-0.4, -0.2) is 9.97 Å². The summed E-state index contributed by atoms with van der Waals surface area (Å²) in [5, 5.41) is 2.14. The number of benzene rings is 8. The van der Waals surface area contributed by atoms with E-state index in [4.69, 9.17) is 14.4 Å². The molecule has 0 fully saturated rings. The molecule has 2 heterocycles. The molecule has 2 aromatic heterocycles. The second kappa shape index (κ2) is 12.9. The van der Waals surface area contributed by atoms with Gasteiger partial charge in [0.25, 0.3) is 0 Å². The molecule has 0 N–H and O–H groups in total. The van der Waals surface area contributed by atoms with Crippen molar-refractivity contribution in [3.05, 3.63) is 229 Å². The van der Waals surface area contributed by atoms with Crippen molar-refractivity contribution in [3.63, 3.8) is 0 Å². The van der Waals surface area contributed by atoms with Crippen LogP contribution in [0.4, 0.5) is 0 Å². The van der Waals surface area contributed by atoms with Crippen molar-refractivity contribution in [1.82, 2.24) is 9.97 Å². The third-order valence-corrected chi connectivity index (χ3v) is 11.4. The van der Waals surface area contributed by atoms with Crippen molar-refractivity contribution < 1.29 is 4.42 Å². The van der Waals surface area contributed by atoms with Gasteiger partial charge >= 0.3 is 0 Å². The lowest BCUT2D eigenvalue weighted by atomic mass is 9.67. The van der Waals surface area contributed by atoms with Gasteiger partial charge in [0, 0.05) is 33.0 Å². The molecule has 11 rings (SSSR count). The van der Waals surface area contributed by atoms with Gasteiger partial charge in [0.05, 0.1) is 16.8 Å². The molecular formula is C53H34N2O. The second-order valence-electron chi connectivity index (χ2n) is 14.4. The Morgan fingerprint density at radius 1 is 0.375 bits per heavy atom. The van der Waals surface area contributed by atoms with Gasteiger partial charge in [-0.3, -0.25) is 0 Å². The van der Waals surface area contributed by atoms with Gasteiger partial charge in [0.15, 0.2) is 5.82 Å². The minimum absolute atomic E-state index is 0.535. The first-order valence-corrected chi connectivity index (χ1v) is 19.1. The van der Waals surface area contributed by atoms with E-state index in [0.29, 0.717) is 5.82 Å². The molecule has 1 aliphatic rings. The smallest absolute Gasteiger partial charge is 0.160 e. The van der Waals surface area contributed by atoms with Crippen LogP contribution in [0.5, 0.6) is 0 Å². The number of aromatic nitrogens is 2. The lowest BCUT2D eigenvalue weighted by Gasteiger charge is -2.34. The number of furan rings is 1. The molecule has 8 aromatic carbocycles. The zero-order chi connectivity index (χ0) is 37.1. The molecular weight excluding hydrogens is 681 g/mol. The van der Waals surface area contributed by atoms with E-state index in [0.717, 1.165) is 61.1 Å². The Balaban J connectivity index is 1.24. The SMILES string of the molecule is c1ccc(-c2cc(-c3ccc4oc5ccccc5c4c3-c3ccc4c(c3)C(c3ccccc3)(c3ccccc3)c3ccccc3-4)nc(-c3ccccc3)n2)cc1. The average molecular weight is 715 g/mol. The standard InChI is InChI=1S/C53H34N2O/c1-5-17-35(18-6-1)46-34-47(55-52(54-46)36-19-7-2-8-20-36)42-31-32-49-51(43-26-14-16-28-48(43)56-49)50(42)37-29-30-41-40-25-13-15-27-44(40)53(45(41)33-37,38-21-9-3-10-22-38)39-23-11-4-12-24-39/h1-34H. The summed E-state index contributed by atoms with van der Waals surface area (Å²) in [6.45, 7) is 0. The Hall–Kier alpha value is -7.36. The molecule has 10 aromatic rings. The predicted octanol–water partition coefficient (Wildman–Crippen LogP) is 13.4. The Morgan fingerprint density at radius 2 is 0.946 bits per heavy atom. The summed E-state index contributed by atoms with van der Waals surface area (Å²) in [7, 11) is 0. The van der Waals surface area contributed by atoms with E-state index in [1.807, 2.05) is 30.3 Å². The maximum absolute atomic E-state index is 6.58. The van der Waals surface area contributed by atoms with Gasteiger partial charge in [-0.1, -0.05) is 176 Å². The van der Waals surface area contributed by atoms with Crippen LogP contribution in [-0.2, 0) is 5.41 Å². The monoisotopic (exact) mass is 714 g/mol. The first kappa shape index (κ1) is 32.1. The summed E-state index contributed by atoms with van der Waals surface area (Å²) >= 11 is 0. The summed E-state index contributed by atoms with van der Waals surface area (Å²) in [4.78, 5) is 10.5. The number of hydrogen-bond donors (Lipinski definition) is 0. The molecule has 1 aliphatic carbocycles. The molecule has 0 aliphatic heterocycles. The van der Waals surface area contributed by atoms with Gasteiger partial charge in [-0.15, -0.1) is 0 Å². The molecule has 0 radical (unpaired) electrons. The highest BCUT2D eigenvalue weighted by molar-refractivity contribution is 6.16. The number of para-hydroxylation sites is 1. The van der Waals surface area contributed by atoms with Crippen molar-refractivity contribution in [3.8, 4) is 56.2 Å². The number of rotatable bonds is 6. The van der Waals surface area contributed by atoms with Gasteiger partial charge in [-0.2, -0.15) is 0 Å². The highest BCUT2D eigenvalue weighted by atomic mass is 16.3. The lowest BCUT2D eigenvalue weighted by molar-refractivity contribution is 0.669. The Kier molecular flexibility index (Phi) is 7.39. The fourth-order valence-corrected chi connectivity index (χ4v) is 8.99. The topological polar surface area (TPSA) is 38.9 Å². The third kappa shape index (κ3) is 4.91. The molecule has 0 saturated heterocycles. The number of hydrogen-bond acceptors (Lipinski definition) is 3. The Bertz CT molecular complexity index is 2960. The molecule has 0 saturated carbocycles. The fourth-order valence-electron chi connectivity index (χ4n) is 8.99. The summed E-state index contributed by atoms with van der Waals surface area (Å²) in [5.41, 5.74) is 15.6. The Labute approximate surface area is 325 Å². The van der Waals surface area contributed by atoms with E-state index in [1.54, 1.807) is 0 Å². The second-order valence-corrected chi connectivity index (χ2v) is 14.4. The van der Waals surface area contributed by atoms with Crippen molar-refractivity contribution in [2.24, 2.45) is 0 Å². The van der Waals surface area contributed by atoms with Crippen molar-refractivity contribution in [2.45, 2.75) is 5.41 Å². The number of nitrogens with zero attached hydrogens (tertiary/aromatic N) is 2. The third-order valence-electron chi connectivity index (χ3n) is 11.4. The van der Waals surface area contributed by atoms with Crippen LogP contribution >= 0.6 is 0 Å². The largest absolute Gasteiger partial charge is 0.456 e. The lowest BCUT2D eigenvalue weighted by Crippen LogP contribution is -2.28. The molecule has 3 heteroatoms. The maximum atomic E-state index is 6.58. The summed E-state index contributed by atoms with van der Waals surface area (Å²) in [6, 6.07) is 73.3. The molecule has 262 valence electrons. The quantitative estimate of drug-likeness (QED) is 0.172. The van der Waals surface area contributed by atoms with Crippen LogP contribution < -0.4 is 0 Å². The van der Waals surface area contributed by atoms with Gasteiger partial charge in [-0.05, 0) is 69.3 Å². The molecule has 0 atom stereocenters. The minimum Gasteiger partial charge on any atom is -0.456 e. The molecule has 0 unspecified atom stereocenters. The normalized spacial score (nSPS) is 12.8. The molecule has 56 heavy (non-hydrogen) atoms. The zero-order valence-corrected chi connectivity index (χ0v) is 30.4. The van der Waals surface area contributed by atoms with E-state index in [-0.39, 0.29) is 0 Å². The minimum atomic E-state index is -0.535.